The van der Waals surface area contributed by atoms with Crippen LogP contribution in [0.3, 0.4) is 0 Å². The van der Waals surface area contributed by atoms with Crippen LogP contribution in [0.4, 0.5) is 0 Å². The summed E-state index contributed by atoms with van der Waals surface area (Å²) in [4.78, 5) is 2.79. The van der Waals surface area contributed by atoms with Crippen LogP contribution in [-0.4, -0.2) is 36.6 Å². The van der Waals surface area contributed by atoms with E-state index < -0.39 is 0 Å². The lowest BCUT2D eigenvalue weighted by molar-refractivity contribution is 0.152. The van der Waals surface area contributed by atoms with E-state index in [-0.39, 0.29) is 0 Å². The highest BCUT2D eigenvalue weighted by Gasteiger charge is 2.43. The molecule has 1 saturated heterocycles. The third kappa shape index (κ3) is 3.52. The van der Waals surface area contributed by atoms with E-state index >= 15 is 0 Å². The van der Waals surface area contributed by atoms with Crippen molar-refractivity contribution in [3.8, 4) is 0 Å². The average Bonchev–Trinajstić information content (AvgIpc) is 3.20. The molecule has 3 aliphatic rings. The van der Waals surface area contributed by atoms with E-state index in [1.54, 1.807) is 0 Å². The van der Waals surface area contributed by atoms with Gasteiger partial charge in [-0.1, -0.05) is 19.8 Å². The largest absolute Gasteiger partial charge is 0.310 e. The fraction of sp³-hybridized carbons (Fsp3) is 1.00. The molecule has 0 spiro atoms. The Labute approximate surface area is 119 Å². The quantitative estimate of drug-likeness (QED) is 0.841. The van der Waals surface area contributed by atoms with Crippen molar-refractivity contribution >= 4 is 0 Å². The summed E-state index contributed by atoms with van der Waals surface area (Å²) in [5, 5.41) is 3.85. The molecule has 3 rings (SSSR count). The van der Waals surface area contributed by atoms with Crippen molar-refractivity contribution < 1.29 is 0 Å². The van der Waals surface area contributed by atoms with E-state index in [9.17, 15) is 0 Å². The molecule has 19 heavy (non-hydrogen) atoms. The zero-order valence-electron chi connectivity index (χ0n) is 13.0. The predicted molar refractivity (Wildman–Crippen MR) is 81.3 cm³/mol. The van der Waals surface area contributed by atoms with Crippen LogP contribution < -0.4 is 5.32 Å². The highest BCUT2D eigenvalue weighted by molar-refractivity contribution is 5.01. The Morgan fingerprint density at radius 3 is 2.53 bits per heavy atom. The second kappa shape index (κ2) is 5.73. The van der Waals surface area contributed by atoms with Gasteiger partial charge in [-0.3, -0.25) is 0 Å². The molecule has 2 aliphatic carbocycles. The lowest BCUT2D eigenvalue weighted by atomic mass is 9.82. The SMILES string of the molecule is CC1CCC(CN2CCCNC(C)(C3CC3)C2)CC1. The van der Waals surface area contributed by atoms with Crippen molar-refractivity contribution in [1.82, 2.24) is 10.2 Å². The summed E-state index contributed by atoms with van der Waals surface area (Å²) < 4.78 is 0. The van der Waals surface area contributed by atoms with Crippen LogP contribution >= 0.6 is 0 Å². The van der Waals surface area contributed by atoms with E-state index in [1.807, 2.05) is 0 Å². The van der Waals surface area contributed by atoms with E-state index in [0.29, 0.717) is 5.54 Å². The van der Waals surface area contributed by atoms with Crippen molar-refractivity contribution in [1.29, 1.82) is 0 Å². The van der Waals surface area contributed by atoms with Crippen LogP contribution in [0.15, 0.2) is 0 Å². The van der Waals surface area contributed by atoms with Crippen LogP contribution in [-0.2, 0) is 0 Å². The Balaban J connectivity index is 1.54. The summed E-state index contributed by atoms with van der Waals surface area (Å²) in [5.41, 5.74) is 0.415. The number of hydrogen-bond acceptors (Lipinski definition) is 2. The average molecular weight is 264 g/mol. The van der Waals surface area contributed by atoms with E-state index in [0.717, 1.165) is 17.8 Å². The molecule has 0 radical (unpaired) electrons. The molecular formula is C17H32N2. The van der Waals surface area contributed by atoms with Crippen LogP contribution in [0, 0.1) is 17.8 Å². The number of rotatable bonds is 3. The lowest BCUT2D eigenvalue weighted by Crippen LogP contribution is -2.51. The summed E-state index contributed by atoms with van der Waals surface area (Å²) in [5.74, 6) is 2.93. The molecule has 0 aromatic heterocycles. The van der Waals surface area contributed by atoms with Gasteiger partial charge in [-0.05, 0) is 69.9 Å². The van der Waals surface area contributed by atoms with Gasteiger partial charge < -0.3 is 10.2 Å². The van der Waals surface area contributed by atoms with Crippen LogP contribution in [0.5, 0.6) is 0 Å². The molecule has 2 saturated carbocycles. The van der Waals surface area contributed by atoms with Crippen molar-refractivity contribution in [2.45, 2.75) is 64.3 Å². The molecule has 0 amide bonds. The van der Waals surface area contributed by atoms with Gasteiger partial charge in [-0.2, -0.15) is 0 Å². The van der Waals surface area contributed by atoms with Crippen LogP contribution in [0.1, 0.15) is 58.8 Å². The molecule has 1 heterocycles. The van der Waals surface area contributed by atoms with Crippen LogP contribution in [0.25, 0.3) is 0 Å². The molecule has 1 N–H and O–H groups in total. The summed E-state index contributed by atoms with van der Waals surface area (Å²) in [6, 6.07) is 0. The summed E-state index contributed by atoms with van der Waals surface area (Å²) in [6.45, 7) is 10.1. The normalized spacial score (nSPS) is 42.0. The van der Waals surface area contributed by atoms with Crippen molar-refractivity contribution in [3.63, 3.8) is 0 Å². The van der Waals surface area contributed by atoms with Gasteiger partial charge in [0.15, 0.2) is 0 Å². The number of hydrogen-bond donors (Lipinski definition) is 1. The van der Waals surface area contributed by atoms with Gasteiger partial charge >= 0.3 is 0 Å². The first-order chi connectivity index (χ1) is 9.16. The molecule has 0 aromatic rings. The standard InChI is InChI=1S/C17H32N2/c1-14-4-6-15(7-5-14)12-19-11-3-10-18-17(2,13-19)16-8-9-16/h14-16,18H,3-13H2,1-2H3. The zero-order valence-corrected chi connectivity index (χ0v) is 13.0. The van der Waals surface area contributed by atoms with E-state index in [4.69, 9.17) is 0 Å². The maximum atomic E-state index is 3.85. The molecule has 110 valence electrons. The predicted octanol–water partition coefficient (Wildman–Crippen LogP) is 3.28. The maximum Gasteiger partial charge on any atom is 0.0308 e. The third-order valence-electron chi connectivity index (χ3n) is 5.86. The molecule has 0 bridgehead atoms. The highest BCUT2D eigenvalue weighted by Crippen LogP contribution is 2.41. The molecule has 2 heteroatoms. The minimum atomic E-state index is 0.415. The van der Waals surface area contributed by atoms with E-state index in [2.05, 4.69) is 24.1 Å². The number of nitrogens with one attached hydrogen (secondary N) is 1. The second-order valence-corrected chi connectivity index (χ2v) is 7.83. The fourth-order valence-corrected chi connectivity index (χ4v) is 4.30. The molecule has 1 unspecified atom stereocenters. The first-order valence-corrected chi connectivity index (χ1v) is 8.63. The fourth-order valence-electron chi connectivity index (χ4n) is 4.30. The Morgan fingerprint density at radius 2 is 1.84 bits per heavy atom. The molecule has 1 atom stereocenters. The number of nitrogens with zero attached hydrogens (tertiary/aromatic N) is 1. The van der Waals surface area contributed by atoms with Gasteiger partial charge in [-0.25, -0.2) is 0 Å². The molecular weight excluding hydrogens is 232 g/mol. The smallest absolute Gasteiger partial charge is 0.0308 e. The molecule has 3 fully saturated rings. The monoisotopic (exact) mass is 264 g/mol. The first kappa shape index (κ1) is 13.9. The van der Waals surface area contributed by atoms with Crippen molar-refractivity contribution in [2.75, 3.05) is 26.2 Å². The molecule has 0 aromatic carbocycles. The van der Waals surface area contributed by atoms with Gasteiger partial charge in [0.05, 0.1) is 0 Å². The van der Waals surface area contributed by atoms with Crippen molar-refractivity contribution in [2.24, 2.45) is 17.8 Å². The lowest BCUT2D eigenvalue weighted by Gasteiger charge is -2.36. The summed E-state index contributed by atoms with van der Waals surface area (Å²) in [6.07, 6.45) is 10.1. The Hall–Kier alpha value is -0.0800. The van der Waals surface area contributed by atoms with Gasteiger partial charge in [-0.15, -0.1) is 0 Å². The van der Waals surface area contributed by atoms with Crippen LogP contribution in [0.2, 0.25) is 0 Å². The van der Waals surface area contributed by atoms with Gasteiger partial charge in [0.2, 0.25) is 0 Å². The topological polar surface area (TPSA) is 15.3 Å². The van der Waals surface area contributed by atoms with Crippen molar-refractivity contribution in [3.05, 3.63) is 0 Å². The Bertz CT molecular complexity index is 292. The van der Waals surface area contributed by atoms with E-state index in [1.165, 1.54) is 71.1 Å². The molecule has 2 nitrogen and oxygen atoms in total. The van der Waals surface area contributed by atoms with Gasteiger partial charge in [0.1, 0.15) is 0 Å². The Kier molecular flexibility index (Phi) is 4.19. The van der Waals surface area contributed by atoms with Gasteiger partial charge in [0, 0.05) is 18.6 Å². The zero-order chi connectivity index (χ0) is 13.3. The Morgan fingerprint density at radius 1 is 1.11 bits per heavy atom. The highest BCUT2D eigenvalue weighted by atomic mass is 15.2. The molecule has 1 aliphatic heterocycles. The minimum Gasteiger partial charge on any atom is -0.310 e. The summed E-state index contributed by atoms with van der Waals surface area (Å²) >= 11 is 0. The second-order valence-electron chi connectivity index (χ2n) is 7.83. The maximum absolute atomic E-state index is 3.85. The summed E-state index contributed by atoms with van der Waals surface area (Å²) in [7, 11) is 0. The van der Waals surface area contributed by atoms with Gasteiger partial charge in [0.25, 0.3) is 0 Å². The minimum absolute atomic E-state index is 0.415. The first-order valence-electron chi connectivity index (χ1n) is 8.63. The third-order valence-corrected chi connectivity index (χ3v) is 5.86.